The average molecular weight is 266 g/mol. The van der Waals surface area contributed by atoms with Crippen LogP contribution in [-0.4, -0.2) is 53.6 Å². The Bertz CT molecular complexity index is 334. The topological polar surface area (TPSA) is 59.4 Å². The zero-order valence-electron chi connectivity index (χ0n) is 12.6. The number of hydrogen-bond donors (Lipinski definition) is 1. The Hall–Kier alpha value is -1.28. The van der Waals surface area contributed by atoms with Crippen LogP contribution >= 0.6 is 0 Å². The maximum absolute atomic E-state index is 12.0. The lowest BCUT2D eigenvalue weighted by Crippen LogP contribution is -2.56. The van der Waals surface area contributed by atoms with Crippen LogP contribution in [0.1, 0.15) is 40.5 Å². The number of carbonyl (C=O) groups excluding carboxylic acids is 1. The summed E-state index contributed by atoms with van der Waals surface area (Å²) in [7, 11) is 0. The SMILES string of the molecule is CCCC(C#N)N1CCN(C(=O)NC(C)(C)C)CC1. The summed E-state index contributed by atoms with van der Waals surface area (Å²) in [6.45, 7) is 11.0. The maximum Gasteiger partial charge on any atom is 0.317 e. The van der Waals surface area contributed by atoms with Crippen LogP contribution in [0.25, 0.3) is 0 Å². The van der Waals surface area contributed by atoms with Crippen LogP contribution < -0.4 is 5.32 Å². The van der Waals surface area contributed by atoms with Gasteiger partial charge in [0.05, 0.1) is 12.1 Å². The standard InChI is InChI=1S/C14H26N4O/c1-5-6-12(11-15)17-7-9-18(10-8-17)13(19)16-14(2,3)4/h12H,5-10H2,1-4H3,(H,16,19). The number of rotatable bonds is 3. The molecule has 1 aliphatic heterocycles. The number of nitriles is 1. The summed E-state index contributed by atoms with van der Waals surface area (Å²) < 4.78 is 0. The van der Waals surface area contributed by atoms with Crippen LogP contribution in [0.4, 0.5) is 4.79 Å². The first-order valence-corrected chi connectivity index (χ1v) is 7.08. The molecular formula is C14H26N4O. The minimum absolute atomic E-state index is 0.00201. The summed E-state index contributed by atoms with van der Waals surface area (Å²) in [5.41, 5.74) is -0.203. The molecule has 1 unspecified atom stereocenters. The Balaban J connectivity index is 2.44. The third-order valence-corrected chi connectivity index (χ3v) is 3.24. The first-order chi connectivity index (χ1) is 8.87. The highest BCUT2D eigenvalue weighted by atomic mass is 16.2. The van der Waals surface area contributed by atoms with Crippen molar-refractivity contribution in [3.63, 3.8) is 0 Å². The highest BCUT2D eigenvalue weighted by Gasteiger charge is 2.27. The second kappa shape index (κ2) is 6.76. The molecule has 108 valence electrons. The lowest BCUT2D eigenvalue weighted by atomic mass is 10.1. The lowest BCUT2D eigenvalue weighted by Gasteiger charge is -2.38. The molecule has 1 atom stereocenters. The molecule has 1 saturated heterocycles. The van der Waals surface area contributed by atoms with Crippen molar-refractivity contribution in [1.29, 1.82) is 5.26 Å². The Morgan fingerprint density at radius 2 is 1.89 bits per heavy atom. The van der Waals surface area contributed by atoms with Crippen molar-refractivity contribution < 1.29 is 4.79 Å². The Morgan fingerprint density at radius 3 is 2.32 bits per heavy atom. The number of urea groups is 1. The van der Waals surface area contributed by atoms with Crippen molar-refractivity contribution in [3.05, 3.63) is 0 Å². The first-order valence-electron chi connectivity index (χ1n) is 7.08. The van der Waals surface area contributed by atoms with E-state index in [-0.39, 0.29) is 17.6 Å². The summed E-state index contributed by atoms with van der Waals surface area (Å²) >= 11 is 0. The summed E-state index contributed by atoms with van der Waals surface area (Å²) in [6, 6.07) is 2.36. The predicted octanol–water partition coefficient (Wildman–Crippen LogP) is 1.80. The molecule has 0 bridgehead atoms. The van der Waals surface area contributed by atoms with Gasteiger partial charge in [0, 0.05) is 31.7 Å². The fraction of sp³-hybridized carbons (Fsp3) is 0.857. The van der Waals surface area contributed by atoms with Gasteiger partial charge in [-0.05, 0) is 27.2 Å². The average Bonchev–Trinajstić information content (AvgIpc) is 2.34. The highest BCUT2D eigenvalue weighted by molar-refractivity contribution is 5.75. The molecule has 0 aromatic rings. The van der Waals surface area contributed by atoms with E-state index in [0.29, 0.717) is 13.1 Å². The lowest BCUT2D eigenvalue weighted by molar-refractivity contribution is 0.118. The monoisotopic (exact) mass is 266 g/mol. The van der Waals surface area contributed by atoms with Crippen LogP contribution in [0, 0.1) is 11.3 Å². The molecule has 1 N–H and O–H groups in total. The second-order valence-corrected chi connectivity index (χ2v) is 6.14. The molecule has 1 fully saturated rings. The molecule has 5 nitrogen and oxygen atoms in total. The van der Waals surface area contributed by atoms with Crippen LogP contribution in [0.15, 0.2) is 0 Å². The van der Waals surface area contributed by atoms with Crippen molar-refractivity contribution in [2.75, 3.05) is 26.2 Å². The predicted molar refractivity (Wildman–Crippen MR) is 75.7 cm³/mol. The van der Waals surface area contributed by atoms with E-state index in [0.717, 1.165) is 25.9 Å². The van der Waals surface area contributed by atoms with Crippen molar-refractivity contribution in [2.45, 2.75) is 52.1 Å². The molecule has 0 aliphatic carbocycles. The molecule has 1 heterocycles. The van der Waals surface area contributed by atoms with Crippen molar-refractivity contribution in [1.82, 2.24) is 15.1 Å². The van der Waals surface area contributed by atoms with Crippen molar-refractivity contribution in [2.24, 2.45) is 0 Å². The molecule has 0 aromatic heterocycles. The van der Waals surface area contributed by atoms with Gasteiger partial charge in [0.2, 0.25) is 0 Å². The van der Waals surface area contributed by atoms with Crippen LogP contribution in [-0.2, 0) is 0 Å². The van der Waals surface area contributed by atoms with E-state index in [9.17, 15) is 4.79 Å². The Labute approximate surface area is 116 Å². The number of nitrogens with zero attached hydrogens (tertiary/aromatic N) is 3. The van der Waals surface area contributed by atoms with Gasteiger partial charge in [-0.2, -0.15) is 5.26 Å². The van der Waals surface area contributed by atoms with E-state index >= 15 is 0 Å². The third kappa shape index (κ3) is 5.07. The number of piperazine rings is 1. The quantitative estimate of drug-likeness (QED) is 0.847. The first kappa shape index (κ1) is 15.8. The fourth-order valence-electron chi connectivity index (χ4n) is 2.24. The van der Waals surface area contributed by atoms with E-state index in [1.807, 2.05) is 25.7 Å². The number of amides is 2. The molecule has 1 rings (SSSR count). The molecule has 2 amide bonds. The largest absolute Gasteiger partial charge is 0.333 e. The minimum Gasteiger partial charge on any atom is -0.333 e. The molecule has 5 heteroatoms. The van der Waals surface area contributed by atoms with Crippen LogP contribution in [0.5, 0.6) is 0 Å². The summed E-state index contributed by atoms with van der Waals surface area (Å²) in [5.74, 6) is 0. The van der Waals surface area contributed by atoms with Gasteiger partial charge in [-0.15, -0.1) is 0 Å². The number of nitrogens with one attached hydrogen (secondary N) is 1. The zero-order valence-corrected chi connectivity index (χ0v) is 12.6. The van der Waals surface area contributed by atoms with Gasteiger partial charge in [0.15, 0.2) is 0 Å². The second-order valence-electron chi connectivity index (χ2n) is 6.14. The van der Waals surface area contributed by atoms with Gasteiger partial charge in [-0.1, -0.05) is 13.3 Å². The fourth-order valence-corrected chi connectivity index (χ4v) is 2.24. The summed E-state index contributed by atoms with van der Waals surface area (Å²) in [4.78, 5) is 16.0. The van der Waals surface area contributed by atoms with Crippen molar-refractivity contribution >= 4 is 6.03 Å². The van der Waals surface area contributed by atoms with Gasteiger partial charge in [-0.25, -0.2) is 4.79 Å². The van der Waals surface area contributed by atoms with Gasteiger partial charge >= 0.3 is 6.03 Å². The molecule has 0 aromatic carbocycles. The zero-order chi connectivity index (χ0) is 14.5. The molecular weight excluding hydrogens is 240 g/mol. The van der Waals surface area contributed by atoms with E-state index < -0.39 is 0 Å². The number of hydrogen-bond acceptors (Lipinski definition) is 3. The highest BCUT2D eigenvalue weighted by Crippen LogP contribution is 2.11. The molecule has 1 aliphatic rings. The van der Waals surface area contributed by atoms with E-state index in [1.54, 1.807) is 0 Å². The third-order valence-electron chi connectivity index (χ3n) is 3.24. The molecule has 0 saturated carbocycles. The summed E-state index contributed by atoms with van der Waals surface area (Å²) in [6.07, 6.45) is 1.92. The van der Waals surface area contributed by atoms with E-state index in [4.69, 9.17) is 5.26 Å². The normalized spacial score (nSPS) is 18.8. The van der Waals surface area contributed by atoms with Crippen LogP contribution in [0.2, 0.25) is 0 Å². The van der Waals surface area contributed by atoms with Gasteiger partial charge in [0.1, 0.15) is 0 Å². The van der Waals surface area contributed by atoms with Gasteiger partial charge in [0.25, 0.3) is 0 Å². The molecule has 0 radical (unpaired) electrons. The summed E-state index contributed by atoms with van der Waals surface area (Å²) in [5, 5.41) is 12.1. The Kier molecular flexibility index (Phi) is 5.61. The molecule has 19 heavy (non-hydrogen) atoms. The van der Waals surface area contributed by atoms with Crippen molar-refractivity contribution in [3.8, 4) is 6.07 Å². The Morgan fingerprint density at radius 1 is 1.32 bits per heavy atom. The van der Waals surface area contributed by atoms with Crippen LogP contribution in [0.3, 0.4) is 0 Å². The maximum atomic E-state index is 12.0. The molecule has 0 spiro atoms. The van der Waals surface area contributed by atoms with E-state index in [1.165, 1.54) is 0 Å². The number of carbonyl (C=O) groups is 1. The van der Waals surface area contributed by atoms with E-state index in [2.05, 4.69) is 23.2 Å². The van der Waals surface area contributed by atoms with Gasteiger partial charge in [-0.3, -0.25) is 4.90 Å². The van der Waals surface area contributed by atoms with Gasteiger partial charge < -0.3 is 10.2 Å². The smallest absolute Gasteiger partial charge is 0.317 e. The minimum atomic E-state index is -0.203.